The highest BCUT2D eigenvalue weighted by atomic mass is 35.5. The largest absolute Gasteiger partial charge is 0.295 e. The summed E-state index contributed by atoms with van der Waals surface area (Å²) in [5.74, 6) is 0. The molecule has 25 heavy (non-hydrogen) atoms. The van der Waals surface area contributed by atoms with Gasteiger partial charge in [0.15, 0.2) is 0 Å². The molecule has 2 aromatic rings. The van der Waals surface area contributed by atoms with Gasteiger partial charge in [0.25, 0.3) is 0 Å². The molecule has 1 aliphatic rings. The summed E-state index contributed by atoms with van der Waals surface area (Å²) in [5, 5.41) is 8.02. The lowest BCUT2D eigenvalue weighted by atomic mass is 10.2. The molecule has 1 aliphatic heterocycles. The lowest BCUT2D eigenvalue weighted by Crippen LogP contribution is -2.43. The number of nitrogens with zero attached hydrogens (tertiary/aromatic N) is 3. The van der Waals surface area contributed by atoms with Crippen LogP contribution in [0.1, 0.15) is 11.1 Å². The minimum Gasteiger partial charge on any atom is -0.295 e. The molecule has 0 atom stereocenters. The van der Waals surface area contributed by atoms with Gasteiger partial charge < -0.3 is 0 Å². The number of hydrogen-bond donors (Lipinski definition) is 0. The summed E-state index contributed by atoms with van der Waals surface area (Å²) >= 11 is 12.5. The topological polar surface area (TPSA) is 18.8 Å². The van der Waals surface area contributed by atoms with Crippen LogP contribution in [0.2, 0.25) is 5.02 Å². The molecule has 0 bridgehead atoms. The molecule has 3 rings (SSSR count). The first-order chi connectivity index (χ1) is 12.2. The van der Waals surface area contributed by atoms with Crippen molar-refractivity contribution in [3.05, 3.63) is 75.8 Å². The van der Waals surface area contributed by atoms with Crippen LogP contribution in [0.3, 0.4) is 0 Å². The van der Waals surface area contributed by atoms with Crippen molar-refractivity contribution in [1.82, 2.24) is 9.91 Å². The zero-order valence-electron chi connectivity index (χ0n) is 14.0. The molecule has 0 saturated carbocycles. The first-order valence-corrected chi connectivity index (χ1v) is 9.13. The molecule has 1 saturated heterocycles. The van der Waals surface area contributed by atoms with Crippen molar-refractivity contribution in [2.75, 3.05) is 26.2 Å². The summed E-state index contributed by atoms with van der Waals surface area (Å²) in [6.07, 6.45) is 3.64. The van der Waals surface area contributed by atoms with Crippen LogP contribution in [0, 0.1) is 0 Å². The van der Waals surface area contributed by atoms with Gasteiger partial charge in [-0.3, -0.25) is 9.91 Å². The van der Waals surface area contributed by atoms with Crippen LogP contribution < -0.4 is 0 Å². The second-order valence-electron chi connectivity index (χ2n) is 6.01. The van der Waals surface area contributed by atoms with Crippen LogP contribution in [0.5, 0.6) is 0 Å². The summed E-state index contributed by atoms with van der Waals surface area (Å²) in [6, 6.07) is 18.0. The lowest BCUT2D eigenvalue weighted by Gasteiger charge is -2.33. The van der Waals surface area contributed by atoms with Crippen LogP contribution in [-0.2, 0) is 6.54 Å². The molecular formula is C20H21Cl2N3. The van der Waals surface area contributed by atoms with Crippen molar-refractivity contribution in [2.24, 2.45) is 5.10 Å². The van der Waals surface area contributed by atoms with Gasteiger partial charge in [-0.05, 0) is 23.3 Å². The molecule has 1 fully saturated rings. The van der Waals surface area contributed by atoms with Gasteiger partial charge in [0, 0.05) is 37.7 Å². The molecule has 0 radical (unpaired) electrons. The Labute approximate surface area is 159 Å². The molecule has 0 unspecified atom stereocenters. The molecule has 0 amide bonds. The van der Waals surface area contributed by atoms with E-state index in [1.54, 1.807) is 6.21 Å². The van der Waals surface area contributed by atoms with E-state index in [1.165, 1.54) is 5.56 Å². The molecular weight excluding hydrogens is 353 g/mol. The van der Waals surface area contributed by atoms with Gasteiger partial charge in [-0.25, -0.2) is 0 Å². The van der Waals surface area contributed by atoms with Crippen LogP contribution in [-0.4, -0.2) is 42.3 Å². The van der Waals surface area contributed by atoms with Gasteiger partial charge in [-0.1, -0.05) is 71.7 Å². The predicted octanol–water partition coefficient (Wildman–Crippen LogP) is 4.72. The number of hydrazone groups is 1. The second-order valence-corrected chi connectivity index (χ2v) is 6.85. The Morgan fingerprint density at radius 2 is 1.64 bits per heavy atom. The fraction of sp³-hybridized carbons (Fsp3) is 0.250. The van der Waals surface area contributed by atoms with Gasteiger partial charge in [0.1, 0.15) is 0 Å². The van der Waals surface area contributed by atoms with Gasteiger partial charge in [0.2, 0.25) is 0 Å². The third kappa shape index (κ3) is 5.60. The Hall–Kier alpha value is -1.81. The Morgan fingerprint density at radius 1 is 0.960 bits per heavy atom. The molecule has 0 N–H and O–H groups in total. The fourth-order valence-corrected chi connectivity index (χ4v) is 3.13. The van der Waals surface area contributed by atoms with E-state index in [0.29, 0.717) is 5.03 Å². The zero-order valence-corrected chi connectivity index (χ0v) is 15.5. The number of piperazine rings is 1. The van der Waals surface area contributed by atoms with Crippen LogP contribution >= 0.6 is 23.2 Å². The van der Waals surface area contributed by atoms with Crippen LogP contribution in [0.15, 0.2) is 64.7 Å². The number of hydrogen-bond acceptors (Lipinski definition) is 3. The maximum absolute atomic E-state index is 6.25. The monoisotopic (exact) mass is 373 g/mol. The van der Waals surface area contributed by atoms with E-state index < -0.39 is 0 Å². The molecule has 0 aromatic heterocycles. The summed E-state index contributed by atoms with van der Waals surface area (Å²) in [5.41, 5.74) is 2.25. The lowest BCUT2D eigenvalue weighted by molar-refractivity contribution is 0.131. The summed E-state index contributed by atoms with van der Waals surface area (Å²) in [6.45, 7) is 4.57. The number of rotatable bonds is 5. The Balaban J connectivity index is 1.49. The smallest absolute Gasteiger partial charge is 0.0657 e. The maximum Gasteiger partial charge on any atom is 0.0657 e. The number of benzene rings is 2. The Kier molecular flexibility index (Phi) is 6.51. The normalized spacial score (nSPS) is 16.6. The predicted molar refractivity (Wildman–Crippen MR) is 107 cm³/mol. The van der Waals surface area contributed by atoms with Crippen molar-refractivity contribution in [3.63, 3.8) is 0 Å². The quantitative estimate of drug-likeness (QED) is 0.705. The molecule has 0 spiro atoms. The summed E-state index contributed by atoms with van der Waals surface area (Å²) in [4.78, 5) is 2.40. The van der Waals surface area contributed by atoms with Gasteiger partial charge in [0.05, 0.1) is 11.2 Å². The first kappa shape index (κ1) is 18.0. The van der Waals surface area contributed by atoms with E-state index in [4.69, 9.17) is 23.2 Å². The number of halogens is 2. The highest BCUT2D eigenvalue weighted by Crippen LogP contribution is 2.18. The van der Waals surface area contributed by atoms with Crippen molar-refractivity contribution in [1.29, 1.82) is 0 Å². The highest BCUT2D eigenvalue weighted by Gasteiger charge is 2.16. The zero-order chi connectivity index (χ0) is 17.5. The first-order valence-electron chi connectivity index (χ1n) is 8.37. The minimum absolute atomic E-state index is 0.629. The van der Waals surface area contributed by atoms with E-state index in [-0.39, 0.29) is 0 Å². The molecule has 1 heterocycles. The van der Waals surface area contributed by atoms with E-state index >= 15 is 0 Å². The highest BCUT2D eigenvalue weighted by molar-refractivity contribution is 6.41. The molecule has 2 aromatic carbocycles. The van der Waals surface area contributed by atoms with Crippen molar-refractivity contribution in [3.8, 4) is 0 Å². The molecule has 3 nitrogen and oxygen atoms in total. The van der Waals surface area contributed by atoms with Crippen molar-refractivity contribution >= 4 is 35.5 Å². The van der Waals surface area contributed by atoms with Crippen molar-refractivity contribution < 1.29 is 0 Å². The molecule has 130 valence electrons. The van der Waals surface area contributed by atoms with Crippen LogP contribution in [0.25, 0.3) is 6.08 Å². The van der Waals surface area contributed by atoms with Gasteiger partial charge >= 0.3 is 0 Å². The number of allylic oxidation sites excluding steroid dienone is 1. The summed E-state index contributed by atoms with van der Waals surface area (Å²) < 4.78 is 0. The average molecular weight is 374 g/mol. The summed E-state index contributed by atoms with van der Waals surface area (Å²) in [7, 11) is 0. The SMILES string of the molecule is ClC(=C\c1ccccc1)/C=N/N1CCN(Cc2ccccc2Cl)CC1. The van der Waals surface area contributed by atoms with Gasteiger partial charge in [-0.2, -0.15) is 5.10 Å². The third-order valence-corrected chi connectivity index (χ3v) is 4.72. The molecule has 5 heteroatoms. The van der Waals surface area contributed by atoms with Gasteiger partial charge in [-0.15, -0.1) is 0 Å². The third-order valence-electron chi connectivity index (χ3n) is 4.15. The Bertz CT molecular complexity index is 736. The molecule has 0 aliphatic carbocycles. The average Bonchev–Trinajstić information content (AvgIpc) is 2.64. The van der Waals surface area contributed by atoms with Crippen molar-refractivity contribution in [2.45, 2.75) is 6.54 Å². The fourth-order valence-electron chi connectivity index (χ4n) is 2.76. The Morgan fingerprint density at radius 3 is 2.36 bits per heavy atom. The van der Waals surface area contributed by atoms with E-state index in [0.717, 1.165) is 43.3 Å². The maximum atomic E-state index is 6.25. The van der Waals surface area contributed by atoms with E-state index in [2.05, 4.69) is 21.1 Å². The standard InChI is InChI=1S/C20H21Cl2N3/c21-19(14-17-6-2-1-3-7-17)15-23-25-12-10-24(11-13-25)16-18-8-4-5-9-20(18)22/h1-9,14-15H,10-13,16H2/b19-14-,23-15+. The van der Waals surface area contributed by atoms with E-state index in [1.807, 2.05) is 54.6 Å². The minimum atomic E-state index is 0.629. The van der Waals surface area contributed by atoms with Crippen LogP contribution in [0.4, 0.5) is 0 Å². The van der Waals surface area contributed by atoms with E-state index in [9.17, 15) is 0 Å². The second kappa shape index (κ2) is 9.04.